The summed E-state index contributed by atoms with van der Waals surface area (Å²) in [6.07, 6.45) is 1.70. The average molecular weight is 345 g/mol. The lowest BCUT2D eigenvalue weighted by Gasteiger charge is -2.32. The molecule has 0 bridgehead atoms. The van der Waals surface area contributed by atoms with Crippen LogP contribution in [0.4, 0.5) is 0 Å². The molecule has 0 radical (unpaired) electrons. The standard InChI is InChI=1S/C19H23NO3S/c1-14-6-4-5-7-16(14)13-20-24(21,22)17-8-9-18-15(12-17)10-11-19(2,3)23-18/h4-9,12,20H,10-11,13H2,1-3H3. The highest BCUT2D eigenvalue weighted by molar-refractivity contribution is 7.89. The molecule has 128 valence electrons. The molecule has 2 aromatic carbocycles. The van der Waals surface area contributed by atoms with Crippen molar-refractivity contribution in [2.45, 2.75) is 50.7 Å². The predicted octanol–water partition coefficient (Wildman–Crippen LogP) is 3.58. The molecule has 24 heavy (non-hydrogen) atoms. The number of ether oxygens (including phenoxy) is 1. The van der Waals surface area contributed by atoms with Gasteiger partial charge in [-0.05, 0) is 68.5 Å². The van der Waals surface area contributed by atoms with E-state index in [2.05, 4.69) is 4.72 Å². The van der Waals surface area contributed by atoms with Crippen molar-refractivity contribution in [1.82, 2.24) is 4.72 Å². The van der Waals surface area contributed by atoms with Crippen LogP contribution >= 0.6 is 0 Å². The van der Waals surface area contributed by atoms with Gasteiger partial charge in [0.2, 0.25) is 10.0 Å². The van der Waals surface area contributed by atoms with E-state index in [0.29, 0.717) is 0 Å². The van der Waals surface area contributed by atoms with E-state index < -0.39 is 10.0 Å². The topological polar surface area (TPSA) is 55.4 Å². The Balaban J connectivity index is 1.79. The van der Waals surface area contributed by atoms with E-state index in [1.54, 1.807) is 18.2 Å². The highest BCUT2D eigenvalue weighted by atomic mass is 32.2. The Morgan fingerprint density at radius 3 is 2.67 bits per heavy atom. The number of benzene rings is 2. The van der Waals surface area contributed by atoms with Crippen LogP contribution in [0.15, 0.2) is 47.4 Å². The van der Waals surface area contributed by atoms with Gasteiger partial charge in [0.1, 0.15) is 11.4 Å². The van der Waals surface area contributed by atoms with Gasteiger partial charge in [0.25, 0.3) is 0 Å². The summed E-state index contributed by atoms with van der Waals surface area (Å²) < 4.78 is 33.8. The number of nitrogens with one attached hydrogen (secondary N) is 1. The second-order valence-electron chi connectivity index (χ2n) is 6.88. The fourth-order valence-electron chi connectivity index (χ4n) is 2.87. The summed E-state index contributed by atoms with van der Waals surface area (Å²) in [5.74, 6) is 0.782. The fourth-order valence-corrected chi connectivity index (χ4v) is 3.92. The zero-order chi connectivity index (χ0) is 17.4. The van der Waals surface area contributed by atoms with Crippen LogP contribution in [0.2, 0.25) is 0 Å². The number of hydrogen-bond donors (Lipinski definition) is 1. The molecule has 0 saturated heterocycles. The van der Waals surface area contributed by atoms with Crippen LogP contribution in [-0.2, 0) is 23.0 Å². The van der Waals surface area contributed by atoms with E-state index in [1.165, 1.54) is 0 Å². The summed E-state index contributed by atoms with van der Waals surface area (Å²) in [4.78, 5) is 0.290. The molecule has 1 heterocycles. The van der Waals surface area contributed by atoms with E-state index in [0.717, 1.165) is 35.3 Å². The molecule has 0 amide bonds. The van der Waals surface area contributed by atoms with Gasteiger partial charge in [-0.15, -0.1) is 0 Å². The fraction of sp³-hybridized carbons (Fsp3) is 0.368. The van der Waals surface area contributed by atoms with Gasteiger partial charge in [-0.25, -0.2) is 13.1 Å². The minimum absolute atomic E-state index is 0.198. The molecular formula is C19H23NO3S. The molecule has 3 rings (SSSR count). The Kier molecular flexibility index (Phi) is 4.40. The predicted molar refractivity (Wildman–Crippen MR) is 94.7 cm³/mol. The van der Waals surface area contributed by atoms with Crippen molar-refractivity contribution in [2.75, 3.05) is 0 Å². The largest absolute Gasteiger partial charge is 0.488 e. The Hall–Kier alpha value is -1.85. The van der Waals surface area contributed by atoms with Crippen molar-refractivity contribution >= 4 is 10.0 Å². The van der Waals surface area contributed by atoms with Crippen LogP contribution in [0.5, 0.6) is 5.75 Å². The molecule has 0 aromatic heterocycles. The number of hydrogen-bond acceptors (Lipinski definition) is 3. The maximum atomic E-state index is 12.6. The number of rotatable bonds is 4. The third kappa shape index (κ3) is 3.62. The summed E-state index contributed by atoms with van der Waals surface area (Å²) in [7, 11) is -3.54. The molecule has 0 fully saturated rings. The van der Waals surface area contributed by atoms with Gasteiger partial charge in [-0.3, -0.25) is 0 Å². The first kappa shape index (κ1) is 17.0. The summed E-state index contributed by atoms with van der Waals surface area (Å²) >= 11 is 0. The number of sulfonamides is 1. The van der Waals surface area contributed by atoms with E-state index in [-0.39, 0.29) is 17.0 Å². The molecule has 0 spiro atoms. The van der Waals surface area contributed by atoms with Gasteiger partial charge in [0.15, 0.2) is 0 Å². The van der Waals surface area contributed by atoms with Gasteiger partial charge in [0, 0.05) is 6.54 Å². The van der Waals surface area contributed by atoms with Crippen LogP contribution in [0, 0.1) is 6.92 Å². The minimum Gasteiger partial charge on any atom is -0.488 e. The molecule has 0 atom stereocenters. The van der Waals surface area contributed by atoms with Gasteiger partial charge in [0.05, 0.1) is 4.90 Å². The smallest absolute Gasteiger partial charge is 0.240 e. The van der Waals surface area contributed by atoms with Crippen molar-refractivity contribution in [3.8, 4) is 5.75 Å². The maximum Gasteiger partial charge on any atom is 0.240 e. The zero-order valence-electron chi connectivity index (χ0n) is 14.3. The highest BCUT2D eigenvalue weighted by Gasteiger charge is 2.27. The van der Waals surface area contributed by atoms with Crippen LogP contribution in [0.1, 0.15) is 37.0 Å². The number of fused-ring (bicyclic) bond motifs is 1. The second-order valence-corrected chi connectivity index (χ2v) is 8.65. The first-order valence-electron chi connectivity index (χ1n) is 8.13. The Bertz CT molecular complexity index is 857. The van der Waals surface area contributed by atoms with E-state index in [1.807, 2.05) is 45.0 Å². The monoisotopic (exact) mass is 345 g/mol. The van der Waals surface area contributed by atoms with Crippen LogP contribution < -0.4 is 9.46 Å². The normalized spacial score (nSPS) is 16.3. The van der Waals surface area contributed by atoms with Gasteiger partial charge >= 0.3 is 0 Å². The van der Waals surface area contributed by atoms with Crippen molar-refractivity contribution in [3.05, 3.63) is 59.2 Å². The van der Waals surface area contributed by atoms with Crippen LogP contribution in [-0.4, -0.2) is 14.0 Å². The van der Waals surface area contributed by atoms with Gasteiger partial charge < -0.3 is 4.74 Å². The summed E-state index contributed by atoms with van der Waals surface area (Å²) in [5, 5.41) is 0. The average Bonchev–Trinajstić information content (AvgIpc) is 2.53. The first-order valence-corrected chi connectivity index (χ1v) is 9.61. The molecule has 0 aliphatic carbocycles. The van der Waals surface area contributed by atoms with Gasteiger partial charge in [-0.2, -0.15) is 0 Å². The van der Waals surface area contributed by atoms with E-state index in [4.69, 9.17) is 4.74 Å². The SMILES string of the molecule is Cc1ccccc1CNS(=O)(=O)c1ccc2c(c1)CCC(C)(C)O2. The van der Waals surface area contributed by atoms with Crippen molar-refractivity contribution in [1.29, 1.82) is 0 Å². The third-order valence-electron chi connectivity index (χ3n) is 4.44. The summed E-state index contributed by atoms with van der Waals surface area (Å²) in [5.41, 5.74) is 2.80. The van der Waals surface area contributed by atoms with Gasteiger partial charge in [-0.1, -0.05) is 24.3 Å². The summed E-state index contributed by atoms with van der Waals surface area (Å²) in [6.45, 7) is 6.35. The highest BCUT2D eigenvalue weighted by Crippen LogP contribution is 2.34. The molecule has 2 aromatic rings. The molecule has 4 nitrogen and oxygen atoms in total. The lowest BCUT2D eigenvalue weighted by Crippen LogP contribution is -2.32. The van der Waals surface area contributed by atoms with Crippen LogP contribution in [0.25, 0.3) is 0 Å². The number of aryl methyl sites for hydroxylation is 2. The maximum absolute atomic E-state index is 12.6. The Morgan fingerprint density at radius 1 is 1.17 bits per heavy atom. The molecular weight excluding hydrogens is 322 g/mol. The van der Waals surface area contributed by atoms with Crippen molar-refractivity contribution in [2.24, 2.45) is 0 Å². The molecule has 1 aliphatic rings. The molecule has 1 aliphatic heterocycles. The quantitative estimate of drug-likeness (QED) is 0.921. The molecule has 0 saturated carbocycles. The minimum atomic E-state index is -3.54. The zero-order valence-corrected chi connectivity index (χ0v) is 15.1. The lowest BCUT2D eigenvalue weighted by atomic mass is 9.94. The molecule has 1 N–H and O–H groups in total. The second kappa shape index (κ2) is 6.22. The van der Waals surface area contributed by atoms with Crippen molar-refractivity contribution in [3.63, 3.8) is 0 Å². The Morgan fingerprint density at radius 2 is 1.92 bits per heavy atom. The van der Waals surface area contributed by atoms with Crippen molar-refractivity contribution < 1.29 is 13.2 Å². The van der Waals surface area contributed by atoms with E-state index in [9.17, 15) is 8.42 Å². The van der Waals surface area contributed by atoms with E-state index >= 15 is 0 Å². The summed E-state index contributed by atoms with van der Waals surface area (Å²) in [6, 6.07) is 12.9. The molecule has 0 unspecified atom stereocenters. The third-order valence-corrected chi connectivity index (χ3v) is 5.84. The molecule has 5 heteroatoms. The van der Waals surface area contributed by atoms with Crippen LogP contribution in [0.3, 0.4) is 0 Å². The first-order chi connectivity index (χ1) is 11.3. The Labute approximate surface area is 143 Å². The lowest BCUT2D eigenvalue weighted by molar-refractivity contribution is 0.0845.